The lowest BCUT2D eigenvalue weighted by Crippen LogP contribution is -2.27. The predicted octanol–water partition coefficient (Wildman–Crippen LogP) is 0.251. The molecule has 1 aliphatic rings. The SMILES string of the molecule is NC(=S)c1ncccc1CN1CCCS1(=O)=O. The Morgan fingerprint density at radius 3 is 2.94 bits per heavy atom. The predicted molar refractivity (Wildman–Crippen MR) is 68.9 cm³/mol. The summed E-state index contributed by atoms with van der Waals surface area (Å²) in [5.41, 5.74) is 6.82. The van der Waals surface area contributed by atoms with Gasteiger partial charge in [0.25, 0.3) is 0 Å². The lowest BCUT2D eigenvalue weighted by molar-refractivity contribution is 0.439. The van der Waals surface area contributed by atoms with E-state index in [0.29, 0.717) is 25.2 Å². The van der Waals surface area contributed by atoms with Gasteiger partial charge in [0.15, 0.2) is 0 Å². The maximum absolute atomic E-state index is 11.7. The van der Waals surface area contributed by atoms with Gasteiger partial charge in [-0.1, -0.05) is 18.3 Å². The molecule has 0 unspecified atom stereocenters. The van der Waals surface area contributed by atoms with Crippen LogP contribution in [0.15, 0.2) is 18.3 Å². The number of rotatable bonds is 3. The molecular formula is C10H13N3O2S2. The Labute approximate surface area is 106 Å². The number of pyridine rings is 1. The van der Waals surface area contributed by atoms with Crippen molar-refractivity contribution in [2.75, 3.05) is 12.3 Å². The smallest absolute Gasteiger partial charge is 0.214 e. The molecule has 2 heterocycles. The standard InChI is InChI=1S/C10H13N3O2S2/c11-10(16)9-8(3-1-4-12-9)7-13-5-2-6-17(13,14)15/h1,3-4H,2,5-7H2,(H2,11,16). The summed E-state index contributed by atoms with van der Waals surface area (Å²) in [6, 6.07) is 3.55. The van der Waals surface area contributed by atoms with Crippen LogP contribution in [0, 0.1) is 0 Å². The normalized spacial score (nSPS) is 19.3. The fraction of sp³-hybridized carbons (Fsp3) is 0.400. The Morgan fingerprint density at radius 1 is 1.59 bits per heavy atom. The van der Waals surface area contributed by atoms with Gasteiger partial charge in [0, 0.05) is 19.3 Å². The van der Waals surface area contributed by atoms with Crippen molar-refractivity contribution < 1.29 is 8.42 Å². The zero-order chi connectivity index (χ0) is 12.5. The Bertz CT molecular complexity index is 542. The van der Waals surface area contributed by atoms with Gasteiger partial charge < -0.3 is 5.73 Å². The second-order valence-corrected chi connectivity index (χ2v) is 6.41. The van der Waals surface area contributed by atoms with Crippen molar-refractivity contribution in [3.05, 3.63) is 29.6 Å². The molecule has 1 aliphatic heterocycles. The highest BCUT2D eigenvalue weighted by Gasteiger charge is 2.28. The second-order valence-electron chi connectivity index (χ2n) is 3.88. The largest absolute Gasteiger partial charge is 0.388 e. The summed E-state index contributed by atoms with van der Waals surface area (Å²) in [6.45, 7) is 0.844. The lowest BCUT2D eigenvalue weighted by atomic mass is 10.2. The highest BCUT2D eigenvalue weighted by Crippen LogP contribution is 2.18. The summed E-state index contributed by atoms with van der Waals surface area (Å²) < 4.78 is 24.8. The highest BCUT2D eigenvalue weighted by molar-refractivity contribution is 7.89. The quantitative estimate of drug-likeness (QED) is 0.798. The van der Waals surface area contributed by atoms with Gasteiger partial charge in [0.1, 0.15) is 10.7 Å². The van der Waals surface area contributed by atoms with Crippen molar-refractivity contribution in [3.63, 3.8) is 0 Å². The molecule has 17 heavy (non-hydrogen) atoms. The minimum absolute atomic E-state index is 0.192. The summed E-state index contributed by atoms with van der Waals surface area (Å²) in [5.74, 6) is 0.218. The van der Waals surface area contributed by atoms with Gasteiger partial charge in [-0.2, -0.15) is 4.31 Å². The number of nitrogens with zero attached hydrogens (tertiary/aromatic N) is 2. The average Bonchev–Trinajstić information content (AvgIpc) is 2.59. The third-order valence-corrected chi connectivity index (χ3v) is 4.77. The van der Waals surface area contributed by atoms with E-state index in [1.807, 2.05) is 0 Å². The monoisotopic (exact) mass is 271 g/mol. The number of sulfonamides is 1. The van der Waals surface area contributed by atoms with E-state index in [2.05, 4.69) is 4.98 Å². The first kappa shape index (κ1) is 12.4. The molecule has 0 aromatic carbocycles. The first-order valence-electron chi connectivity index (χ1n) is 5.22. The van der Waals surface area contributed by atoms with Crippen LogP contribution in [0.5, 0.6) is 0 Å². The van der Waals surface area contributed by atoms with Gasteiger partial charge in [0.05, 0.1) is 5.75 Å². The van der Waals surface area contributed by atoms with Crippen molar-refractivity contribution in [2.24, 2.45) is 5.73 Å². The van der Waals surface area contributed by atoms with Crippen molar-refractivity contribution in [3.8, 4) is 0 Å². The summed E-state index contributed by atoms with van der Waals surface area (Å²) in [4.78, 5) is 4.27. The Kier molecular flexibility index (Phi) is 3.41. The minimum Gasteiger partial charge on any atom is -0.388 e. The molecule has 0 radical (unpaired) electrons. The minimum atomic E-state index is -3.11. The molecule has 1 saturated heterocycles. The van der Waals surface area contributed by atoms with Crippen LogP contribution in [0.3, 0.4) is 0 Å². The molecule has 7 heteroatoms. The van der Waals surface area contributed by atoms with Crippen LogP contribution in [0.4, 0.5) is 0 Å². The maximum atomic E-state index is 11.7. The zero-order valence-electron chi connectivity index (χ0n) is 9.17. The van der Waals surface area contributed by atoms with E-state index in [-0.39, 0.29) is 10.7 Å². The van der Waals surface area contributed by atoms with Crippen LogP contribution >= 0.6 is 12.2 Å². The fourth-order valence-electron chi connectivity index (χ4n) is 1.85. The Morgan fingerprint density at radius 2 is 2.35 bits per heavy atom. The Hall–Kier alpha value is -1.05. The van der Waals surface area contributed by atoms with Crippen LogP contribution in [0.25, 0.3) is 0 Å². The molecular weight excluding hydrogens is 258 g/mol. The van der Waals surface area contributed by atoms with E-state index < -0.39 is 10.0 Å². The van der Waals surface area contributed by atoms with E-state index in [4.69, 9.17) is 18.0 Å². The van der Waals surface area contributed by atoms with Crippen molar-refractivity contribution in [2.45, 2.75) is 13.0 Å². The van der Waals surface area contributed by atoms with Crippen LogP contribution in [0.1, 0.15) is 17.7 Å². The molecule has 2 rings (SSSR count). The molecule has 0 spiro atoms. The van der Waals surface area contributed by atoms with E-state index in [1.165, 1.54) is 4.31 Å². The second kappa shape index (κ2) is 4.67. The highest BCUT2D eigenvalue weighted by atomic mass is 32.2. The number of hydrogen-bond acceptors (Lipinski definition) is 4. The van der Waals surface area contributed by atoms with Gasteiger partial charge in [-0.3, -0.25) is 4.98 Å². The van der Waals surface area contributed by atoms with E-state index in [9.17, 15) is 8.42 Å². The van der Waals surface area contributed by atoms with Gasteiger partial charge in [-0.05, 0) is 18.1 Å². The maximum Gasteiger partial charge on any atom is 0.214 e. The topological polar surface area (TPSA) is 76.3 Å². The molecule has 92 valence electrons. The van der Waals surface area contributed by atoms with Gasteiger partial charge in [-0.15, -0.1) is 0 Å². The molecule has 1 aromatic heterocycles. The summed E-state index contributed by atoms with van der Waals surface area (Å²) in [6.07, 6.45) is 2.27. The molecule has 0 bridgehead atoms. The number of nitrogens with two attached hydrogens (primary N) is 1. The number of aromatic nitrogens is 1. The molecule has 0 amide bonds. The number of thiocarbonyl (C=S) groups is 1. The van der Waals surface area contributed by atoms with Gasteiger partial charge >= 0.3 is 0 Å². The summed E-state index contributed by atoms with van der Waals surface area (Å²) >= 11 is 4.89. The molecule has 1 fully saturated rings. The molecule has 1 aromatic rings. The summed E-state index contributed by atoms with van der Waals surface area (Å²) in [7, 11) is -3.11. The van der Waals surface area contributed by atoms with Gasteiger partial charge in [-0.25, -0.2) is 8.42 Å². The Balaban J connectivity index is 2.28. The van der Waals surface area contributed by atoms with E-state index in [0.717, 1.165) is 5.56 Å². The van der Waals surface area contributed by atoms with Crippen molar-refractivity contribution in [1.82, 2.24) is 9.29 Å². The molecule has 2 N–H and O–H groups in total. The van der Waals surface area contributed by atoms with E-state index in [1.54, 1.807) is 18.3 Å². The van der Waals surface area contributed by atoms with Crippen LogP contribution in [0.2, 0.25) is 0 Å². The van der Waals surface area contributed by atoms with Crippen LogP contribution in [-0.4, -0.2) is 35.0 Å². The van der Waals surface area contributed by atoms with Crippen LogP contribution < -0.4 is 5.73 Å². The summed E-state index contributed by atoms with van der Waals surface area (Å²) in [5, 5.41) is 0. The van der Waals surface area contributed by atoms with Crippen LogP contribution in [-0.2, 0) is 16.6 Å². The molecule has 0 atom stereocenters. The lowest BCUT2D eigenvalue weighted by Gasteiger charge is -2.15. The van der Waals surface area contributed by atoms with Crippen molar-refractivity contribution >= 4 is 27.2 Å². The fourth-order valence-corrected chi connectivity index (χ4v) is 3.53. The average molecular weight is 271 g/mol. The first-order chi connectivity index (χ1) is 8.00. The molecule has 0 aliphatic carbocycles. The molecule has 0 saturated carbocycles. The zero-order valence-corrected chi connectivity index (χ0v) is 10.8. The first-order valence-corrected chi connectivity index (χ1v) is 7.24. The third kappa shape index (κ3) is 2.62. The number of hydrogen-bond donors (Lipinski definition) is 1. The molecule has 5 nitrogen and oxygen atoms in total. The van der Waals surface area contributed by atoms with Gasteiger partial charge in [0.2, 0.25) is 10.0 Å². The van der Waals surface area contributed by atoms with E-state index >= 15 is 0 Å². The van der Waals surface area contributed by atoms with Crippen molar-refractivity contribution in [1.29, 1.82) is 0 Å². The third-order valence-electron chi connectivity index (χ3n) is 2.67.